The van der Waals surface area contributed by atoms with Gasteiger partial charge in [0.1, 0.15) is 0 Å². The Balaban J connectivity index is 0.969. The van der Waals surface area contributed by atoms with Crippen LogP contribution in [0.5, 0.6) is 0 Å². The summed E-state index contributed by atoms with van der Waals surface area (Å²) >= 11 is 0. The van der Waals surface area contributed by atoms with Crippen LogP contribution in [0.4, 0.5) is 11.4 Å². The molecule has 11 rings (SSSR count). The highest BCUT2D eigenvalue weighted by Crippen LogP contribution is 2.51. The van der Waals surface area contributed by atoms with Gasteiger partial charge in [0.2, 0.25) is 0 Å². The summed E-state index contributed by atoms with van der Waals surface area (Å²) in [6, 6.07) is 56.4. The van der Waals surface area contributed by atoms with Crippen LogP contribution in [-0.4, -0.2) is 14.5 Å². The largest absolute Gasteiger partial charge is 0.313 e. The van der Waals surface area contributed by atoms with Crippen molar-refractivity contribution in [3.63, 3.8) is 0 Å². The average Bonchev–Trinajstić information content (AvgIpc) is 3.79. The minimum atomic E-state index is 0.303. The Morgan fingerprint density at radius 3 is 1.95 bits per heavy atom. The van der Waals surface area contributed by atoms with Crippen molar-refractivity contribution in [1.29, 1.82) is 0 Å². The minimum Gasteiger partial charge on any atom is -0.313 e. The number of rotatable bonds is 6. The maximum Gasteiger partial charge on any atom is 0.160 e. The van der Waals surface area contributed by atoms with Crippen molar-refractivity contribution >= 4 is 34.4 Å². The summed E-state index contributed by atoms with van der Waals surface area (Å²) in [4.78, 5) is 12.5. The minimum absolute atomic E-state index is 0.303. The monoisotopic (exact) mass is 718 g/mol. The molecular weight excluding hydrogens is 681 g/mol. The zero-order chi connectivity index (χ0) is 37.0. The fourth-order valence-corrected chi connectivity index (χ4v) is 8.86. The number of hydrogen-bond acceptors (Lipinski definition) is 3. The summed E-state index contributed by atoms with van der Waals surface area (Å²) in [5, 5.41) is 3.98. The van der Waals surface area contributed by atoms with Gasteiger partial charge in [-0.2, -0.15) is 0 Å². The molecule has 0 radical (unpaired) electrons. The van der Waals surface area contributed by atoms with E-state index in [0.29, 0.717) is 5.92 Å². The van der Waals surface area contributed by atoms with Crippen LogP contribution in [0.1, 0.15) is 30.7 Å². The van der Waals surface area contributed by atoms with Gasteiger partial charge < -0.3 is 9.47 Å². The predicted octanol–water partition coefficient (Wildman–Crippen LogP) is 11.5. The van der Waals surface area contributed by atoms with Crippen LogP contribution in [0.15, 0.2) is 182 Å². The molecule has 1 aliphatic heterocycles. The normalized spacial score (nSPS) is 15.4. The highest BCUT2D eigenvalue weighted by atomic mass is 15.2. The molecule has 3 aliphatic rings. The molecule has 0 spiro atoms. The topological polar surface area (TPSA) is 34.0 Å². The molecule has 2 aromatic heterocycles. The van der Waals surface area contributed by atoms with E-state index in [9.17, 15) is 0 Å². The Morgan fingerprint density at radius 1 is 0.536 bits per heavy atom. The van der Waals surface area contributed by atoms with E-state index in [1.165, 1.54) is 55.2 Å². The highest BCUT2D eigenvalue weighted by Gasteiger charge is 2.35. The lowest BCUT2D eigenvalue weighted by Crippen LogP contribution is -2.30. The van der Waals surface area contributed by atoms with Gasteiger partial charge in [-0.05, 0) is 96.6 Å². The van der Waals surface area contributed by atoms with Gasteiger partial charge in [0, 0.05) is 61.3 Å². The molecule has 4 nitrogen and oxygen atoms in total. The second-order valence-electron chi connectivity index (χ2n) is 14.8. The maximum absolute atomic E-state index is 5.08. The molecule has 0 amide bonds. The number of para-hydroxylation sites is 1. The van der Waals surface area contributed by atoms with Gasteiger partial charge in [-0.3, -0.25) is 0 Å². The Kier molecular flexibility index (Phi) is 7.73. The molecule has 3 heterocycles. The molecule has 0 bridgehead atoms. The lowest BCUT2D eigenvalue weighted by Gasteiger charge is -2.24. The average molecular weight is 719 g/mol. The first-order valence-corrected chi connectivity index (χ1v) is 19.6. The molecule has 56 heavy (non-hydrogen) atoms. The number of fused-ring (bicyclic) bond motifs is 6. The van der Waals surface area contributed by atoms with Crippen molar-refractivity contribution in [1.82, 2.24) is 14.5 Å². The van der Waals surface area contributed by atoms with Crippen molar-refractivity contribution in [2.45, 2.75) is 25.2 Å². The molecule has 0 N–H and O–H groups in total. The molecule has 0 saturated heterocycles. The van der Waals surface area contributed by atoms with Gasteiger partial charge in [0.25, 0.3) is 0 Å². The van der Waals surface area contributed by atoms with Crippen molar-refractivity contribution in [3.8, 4) is 50.7 Å². The predicted molar refractivity (Wildman–Crippen MR) is 231 cm³/mol. The quantitative estimate of drug-likeness (QED) is 0.172. The zero-order valence-electron chi connectivity index (χ0n) is 30.9. The van der Waals surface area contributed by atoms with Gasteiger partial charge in [-0.25, -0.2) is 9.97 Å². The molecule has 4 heteroatoms. The van der Waals surface area contributed by atoms with Gasteiger partial charge >= 0.3 is 0 Å². The SMILES string of the molecule is C1=CCC2C(=C1)N(c1ccc(-c3cc(-c4ccccc4)nc(-c4ccccc4)n3)cc1)c1ccc(-c3ccc4c(c3)c3c(n4-c4ccccc4)=CCCC=3)cc12. The van der Waals surface area contributed by atoms with Crippen LogP contribution < -0.4 is 15.5 Å². The van der Waals surface area contributed by atoms with Gasteiger partial charge in [0.15, 0.2) is 5.82 Å². The molecular formula is C52H38N4. The third kappa shape index (κ3) is 5.45. The smallest absolute Gasteiger partial charge is 0.160 e. The van der Waals surface area contributed by atoms with Crippen molar-refractivity contribution in [2.75, 3.05) is 4.90 Å². The van der Waals surface area contributed by atoms with Gasteiger partial charge in [-0.1, -0.05) is 127 Å². The van der Waals surface area contributed by atoms with Crippen molar-refractivity contribution < 1.29 is 0 Å². The number of hydrogen-bond donors (Lipinski definition) is 0. The molecule has 1 atom stereocenters. The van der Waals surface area contributed by atoms with Crippen molar-refractivity contribution in [2.24, 2.45) is 0 Å². The molecule has 8 aromatic rings. The third-order valence-corrected chi connectivity index (χ3v) is 11.5. The first-order chi connectivity index (χ1) is 27.8. The third-order valence-electron chi connectivity index (χ3n) is 11.5. The number of benzene rings is 6. The fourth-order valence-electron chi connectivity index (χ4n) is 8.86. The number of nitrogens with zero attached hydrogens (tertiary/aromatic N) is 4. The lowest BCUT2D eigenvalue weighted by atomic mass is 9.90. The lowest BCUT2D eigenvalue weighted by molar-refractivity contribution is 0.820. The maximum atomic E-state index is 5.08. The summed E-state index contributed by atoms with van der Waals surface area (Å²) in [6.07, 6.45) is 14.8. The fraction of sp³-hybridized carbons (Fsp3) is 0.0769. The molecule has 1 unspecified atom stereocenters. The van der Waals surface area contributed by atoms with E-state index in [-0.39, 0.29) is 0 Å². The van der Waals surface area contributed by atoms with E-state index in [2.05, 4.69) is 173 Å². The van der Waals surface area contributed by atoms with Crippen LogP contribution in [0.2, 0.25) is 0 Å². The van der Waals surface area contributed by atoms with Crippen LogP contribution in [-0.2, 0) is 0 Å². The van der Waals surface area contributed by atoms with E-state index >= 15 is 0 Å². The summed E-state index contributed by atoms with van der Waals surface area (Å²) in [6.45, 7) is 0. The van der Waals surface area contributed by atoms with E-state index in [1.54, 1.807) is 0 Å². The van der Waals surface area contributed by atoms with E-state index in [0.717, 1.165) is 58.9 Å². The van der Waals surface area contributed by atoms with E-state index in [4.69, 9.17) is 9.97 Å². The van der Waals surface area contributed by atoms with Gasteiger partial charge in [-0.15, -0.1) is 0 Å². The molecule has 2 aliphatic carbocycles. The summed E-state index contributed by atoms with van der Waals surface area (Å²) < 4.78 is 2.43. The second kappa shape index (κ2) is 13.4. The zero-order valence-corrected chi connectivity index (χ0v) is 30.9. The van der Waals surface area contributed by atoms with Crippen LogP contribution >= 0.6 is 0 Å². The Morgan fingerprint density at radius 2 is 1.18 bits per heavy atom. The van der Waals surface area contributed by atoms with E-state index in [1.807, 2.05) is 24.3 Å². The number of allylic oxidation sites excluding steroid dienone is 4. The highest BCUT2D eigenvalue weighted by molar-refractivity contribution is 5.90. The first kappa shape index (κ1) is 32.4. The van der Waals surface area contributed by atoms with Crippen LogP contribution in [0.3, 0.4) is 0 Å². The summed E-state index contributed by atoms with van der Waals surface area (Å²) in [5.41, 5.74) is 15.0. The molecule has 0 saturated carbocycles. The molecule has 6 aromatic carbocycles. The second-order valence-corrected chi connectivity index (χ2v) is 14.8. The van der Waals surface area contributed by atoms with Crippen molar-refractivity contribution in [3.05, 3.63) is 198 Å². The Hall–Kier alpha value is -7.04. The summed E-state index contributed by atoms with van der Waals surface area (Å²) in [5.74, 6) is 1.03. The first-order valence-electron chi connectivity index (χ1n) is 19.6. The summed E-state index contributed by atoms with van der Waals surface area (Å²) in [7, 11) is 0. The van der Waals surface area contributed by atoms with E-state index < -0.39 is 0 Å². The Labute approximate surface area is 326 Å². The van der Waals surface area contributed by atoms with Crippen LogP contribution in [0.25, 0.3) is 73.8 Å². The number of aromatic nitrogens is 3. The van der Waals surface area contributed by atoms with Gasteiger partial charge in [0.05, 0.1) is 16.9 Å². The van der Waals surface area contributed by atoms with Crippen LogP contribution in [0, 0.1) is 0 Å². The standard InChI is InChI=1S/C52H38N4/c1-4-14-35(15-5-1)46-34-47(54-52(53-46)37-16-6-2-7-17-37)36-24-28-41(29-25-36)56-49-23-13-11-21-43(49)45-33-39(27-31-51(45)56)38-26-30-50-44(32-38)42-20-10-12-22-48(42)55(50)40-18-8-3-9-19-40/h1-9,11,13-20,22-34,43H,10,12,21H2. The molecule has 266 valence electrons. The molecule has 0 fully saturated rings. The Bertz CT molecular complexity index is 2920. The number of anilines is 2.